The molecule has 0 bridgehead atoms. The monoisotopic (exact) mass is 349 g/mol. The van der Waals surface area contributed by atoms with Crippen LogP contribution in [0.4, 0.5) is 0 Å². The molecule has 1 aromatic rings. The van der Waals surface area contributed by atoms with Crippen molar-refractivity contribution in [1.29, 1.82) is 0 Å². The average Bonchev–Trinajstić information content (AvgIpc) is 2.51. The van der Waals surface area contributed by atoms with Crippen LogP contribution in [0.15, 0.2) is 24.3 Å². The lowest BCUT2D eigenvalue weighted by molar-refractivity contribution is -0.159. The normalized spacial score (nSPS) is 26.3. The Balaban J connectivity index is 1.39. The highest BCUT2D eigenvalue weighted by Gasteiger charge is 2.58. The summed E-state index contributed by atoms with van der Waals surface area (Å²) >= 11 is 0. The van der Waals surface area contributed by atoms with E-state index < -0.39 is 10.0 Å². The molecule has 0 N–H and O–H groups in total. The molecule has 1 atom stereocenters. The third-order valence-electron chi connectivity index (χ3n) is 6.00. The number of aryl methyl sites for hydroxylation is 1. The fourth-order valence-corrected chi connectivity index (χ4v) is 6.72. The lowest BCUT2D eigenvalue weighted by Gasteiger charge is -2.58. The highest BCUT2D eigenvalue weighted by Crippen LogP contribution is 2.53. The molecule has 3 aliphatic rings. The summed E-state index contributed by atoms with van der Waals surface area (Å²) in [5, 5.41) is -0.304. The Morgan fingerprint density at radius 1 is 1.21 bits per heavy atom. The fraction of sp³-hybridized carbons (Fsp3) is 0.611. The first-order valence-electron chi connectivity index (χ1n) is 8.57. The maximum atomic E-state index is 12.9. The molecule has 1 spiro atoms. The zero-order valence-electron chi connectivity index (χ0n) is 13.9. The summed E-state index contributed by atoms with van der Waals surface area (Å²) in [7, 11) is -1.83. The molecule has 1 saturated carbocycles. The maximum Gasteiger partial charge on any atom is 0.308 e. The number of esters is 1. The van der Waals surface area contributed by atoms with E-state index in [1.807, 2.05) is 18.2 Å². The second-order valence-corrected chi connectivity index (χ2v) is 9.79. The molecule has 0 aromatic heterocycles. The molecule has 24 heavy (non-hydrogen) atoms. The lowest BCUT2D eigenvalue weighted by Crippen LogP contribution is -2.65. The fourth-order valence-electron chi connectivity index (χ4n) is 4.59. The Bertz CT molecular complexity index is 759. The molecule has 6 heteroatoms. The molecule has 1 saturated heterocycles. The number of methoxy groups -OCH3 is 1. The largest absolute Gasteiger partial charge is 0.469 e. The van der Waals surface area contributed by atoms with Crippen LogP contribution in [0.2, 0.25) is 0 Å². The molecule has 1 unspecified atom stereocenters. The number of rotatable bonds is 3. The summed E-state index contributed by atoms with van der Waals surface area (Å²) in [6.07, 6.45) is 3.68. The number of hydrogen-bond donors (Lipinski definition) is 0. The van der Waals surface area contributed by atoms with Gasteiger partial charge in [0, 0.05) is 13.1 Å². The lowest BCUT2D eigenvalue weighted by atomic mass is 9.58. The predicted molar refractivity (Wildman–Crippen MR) is 89.9 cm³/mol. The zero-order chi connectivity index (χ0) is 16.9. The van der Waals surface area contributed by atoms with E-state index in [0.29, 0.717) is 25.9 Å². The van der Waals surface area contributed by atoms with Gasteiger partial charge in [0.1, 0.15) is 0 Å². The highest BCUT2D eigenvalue weighted by atomic mass is 32.2. The van der Waals surface area contributed by atoms with Crippen LogP contribution >= 0.6 is 0 Å². The number of benzene rings is 1. The van der Waals surface area contributed by atoms with E-state index in [9.17, 15) is 13.2 Å². The predicted octanol–water partition coefficient (Wildman–Crippen LogP) is 1.76. The SMILES string of the molecule is COC(=O)C1CC2(C1)CN(S(=O)(=O)C1CCc3ccccc3C1)C2. The van der Waals surface area contributed by atoms with Crippen molar-refractivity contribution in [1.82, 2.24) is 4.31 Å². The molecule has 0 radical (unpaired) electrons. The summed E-state index contributed by atoms with van der Waals surface area (Å²) in [5.41, 5.74) is 2.48. The van der Waals surface area contributed by atoms with Gasteiger partial charge in [-0.25, -0.2) is 12.7 Å². The van der Waals surface area contributed by atoms with E-state index >= 15 is 0 Å². The molecule has 130 valence electrons. The van der Waals surface area contributed by atoms with Gasteiger partial charge in [0.2, 0.25) is 10.0 Å². The highest BCUT2D eigenvalue weighted by molar-refractivity contribution is 7.89. The van der Waals surface area contributed by atoms with Crippen molar-refractivity contribution in [2.75, 3.05) is 20.2 Å². The molecule has 2 aliphatic carbocycles. The van der Waals surface area contributed by atoms with Gasteiger partial charge in [0.25, 0.3) is 0 Å². The van der Waals surface area contributed by atoms with Crippen molar-refractivity contribution in [3.63, 3.8) is 0 Å². The van der Waals surface area contributed by atoms with Gasteiger partial charge in [-0.05, 0) is 48.6 Å². The van der Waals surface area contributed by atoms with Gasteiger partial charge >= 0.3 is 5.97 Å². The van der Waals surface area contributed by atoms with Gasteiger partial charge in [-0.2, -0.15) is 0 Å². The van der Waals surface area contributed by atoms with Crippen LogP contribution in [0.5, 0.6) is 0 Å². The van der Waals surface area contributed by atoms with Crippen molar-refractivity contribution in [2.24, 2.45) is 11.3 Å². The number of carbonyl (C=O) groups is 1. The standard InChI is InChI=1S/C18H23NO4S/c1-23-17(20)15-9-18(10-15)11-19(12-18)24(21,22)16-7-6-13-4-2-3-5-14(13)8-16/h2-5,15-16H,6-12H2,1H3. The van der Waals surface area contributed by atoms with Gasteiger partial charge in [0.05, 0.1) is 18.3 Å². The van der Waals surface area contributed by atoms with E-state index in [1.54, 1.807) is 4.31 Å². The third-order valence-corrected chi connectivity index (χ3v) is 8.22. The van der Waals surface area contributed by atoms with E-state index in [1.165, 1.54) is 18.2 Å². The minimum Gasteiger partial charge on any atom is -0.469 e. The van der Waals surface area contributed by atoms with E-state index in [2.05, 4.69) is 6.07 Å². The topological polar surface area (TPSA) is 63.7 Å². The van der Waals surface area contributed by atoms with Crippen molar-refractivity contribution in [2.45, 2.75) is 37.4 Å². The molecule has 2 fully saturated rings. The summed E-state index contributed by atoms with van der Waals surface area (Å²) in [6.45, 7) is 1.14. The van der Waals surface area contributed by atoms with Crippen LogP contribution in [0.25, 0.3) is 0 Å². The maximum absolute atomic E-state index is 12.9. The summed E-state index contributed by atoms with van der Waals surface area (Å²) in [4.78, 5) is 11.5. The van der Waals surface area contributed by atoms with Crippen LogP contribution in [0.3, 0.4) is 0 Å². The van der Waals surface area contributed by atoms with Gasteiger partial charge in [-0.15, -0.1) is 0 Å². The summed E-state index contributed by atoms with van der Waals surface area (Å²) < 4.78 is 32.2. The number of fused-ring (bicyclic) bond motifs is 1. The van der Waals surface area contributed by atoms with Crippen molar-refractivity contribution < 1.29 is 17.9 Å². The minimum absolute atomic E-state index is 0.0263. The van der Waals surface area contributed by atoms with Gasteiger partial charge in [-0.3, -0.25) is 4.79 Å². The van der Waals surface area contributed by atoms with E-state index in [4.69, 9.17) is 4.74 Å². The number of carbonyl (C=O) groups excluding carboxylic acids is 1. The number of hydrogen-bond acceptors (Lipinski definition) is 4. The van der Waals surface area contributed by atoms with Crippen LogP contribution in [-0.4, -0.2) is 44.1 Å². The first-order chi connectivity index (χ1) is 11.4. The Morgan fingerprint density at radius 3 is 2.54 bits per heavy atom. The van der Waals surface area contributed by atoms with Crippen molar-refractivity contribution in [3.8, 4) is 0 Å². The molecule has 4 rings (SSSR count). The Hall–Kier alpha value is -1.40. The molecular formula is C18H23NO4S. The third kappa shape index (κ3) is 2.47. The van der Waals surface area contributed by atoms with Crippen LogP contribution < -0.4 is 0 Å². The number of sulfonamides is 1. The second-order valence-electron chi connectivity index (χ2n) is 7.57. The molecule has 1 heterocycles. The molecule has 1 aromatic carbocycles. The van der Waals surface area contributed by atoms with Crippen molar-refractivity contribution in [3.05, 3.63) is 35.4 Å². The number of ether oxygens (including phenoxy) is 1. The number of nitrogens with zero attached hydrogens (tertiary/aromatic N) is 1. The summed E-state index contributed by atoms with van der Waals surface area (Å²) in [6, 6.07) is 8.13. The molecular weight excluding hydrogens is 326 g/mol. The van der Waals surface area contributed by atoms with E-state index in [-0.39, 0.29) is 22.6 Å². The smallest absolute Gasteiger partial charge is 0.308 e. The van der Waals surface area contributed by atoms with Gasteiger partial charge in [-0.1, -0.05) is 24.3 Å². The van der Waals surface area contributed by atoms with Gasteiger partial charge < -0.3 is 4.74 Å². The Morgan fingerprint density at radius 2 is 1.88 bits per heavy atom. The van der Waals surface area contributed by atoms with Crippen molar-refractivity contribution >= 4 is 16.0 Å². The van der Waals surface area contributed by atoms with Crippen LogP contribution in [0.1, 0.15) is 30.4 Å². The minimum atomic E-state index is -3.24. The second kappa shape index (κ2) is 5.56. The van der Waals surface area contributed by atoms with E-state index in [0.717, 1.165) is 19.3 Å². The first-order valence-corrected chi connectivity index (χ1v) is 10.1. The molecule has 0 amide bonds. The molecule has 1 aliphatic heterocycles. The average molecular weight is 349 g/mol. The van der Waals surface area contributed by atoms with Crippen LogP contribution in [0, 0.1) is 11.3 Å². The Labute approximate surface area is 143 Å². The summed E-state index contributed by atoms with van der Waals surface area (Å²) in [5.74, 6) is -0.202. The zero-order valence-corrected chi connectivity index (χ0v) is 14.7. The van der Waals surface area contributed by atoms with Crippen LogP contribution in [-0.2, 0) is 32.4 Å². The van der Waals surface area contributed by atoms with Gasteiger partial charge in [0.15, 0.2) is 0 Å². The Kier molecular flexibility index (Phi) is 3.73. The quantitative estimate of drug-likeness (QED) is 0.780. The first kappa shape index (κ1) is 16.1. The molecule has 5 nitrogen and oxygen atoms in total.